The van der Waals surface area contributed by atoms with E-state index in [1.807, 2.05) is 11.6 Å². The van der Waals surface area contributed by atoms with Gasteiger partial charge in [0, 0.05) is 6.54 Å². The fourth-order valence-corrected chi connectivity index (χ4v) is 9.65. The maximum absolute atomic E-state index is 11.1. The van der Waals surface area contributed by atoms with Gasteiger partial charge in [0.05, 0.1) is 5.60 Å². The second kappa shape index (κ2) is 8.67. The molecule has 4 saturated carbocycles. The largest absolute Gasteiger partial charge is 0.390 e. The quantitative estimate of drug-likeness (QED) is 0.625. The Labute approximate surface area is 195 Å². The molecule has 5 nitrogen and oxygen atoms in total. The molecule has 32 heavy (non-hydrogen) atoms. The van der Waals surface area contributed by atoms with Crippen LogP contribution in [0.3, 0.4) is 0 Å². The van der Waals surface area contributed by atoms with Crippen molar-refractivity contribution in [3.05, 3.63) is 5.82 Å². The molecule has 5 heteroatoms. The van der Waals surface area contributed by atoms with Crippen molar-refractivity contribution < 1.29 is 5.11 Å². The summed E-state index contributed by atoms with van der Waals surface area (Å²) in [5.74, 6) is 6.77. The lowest BCUT2D eigenvalue weighted by Crippen LogP contribution is -2.55. The van der Waals surface area contributed by atoms with Crippen LogP contribution in [0, 0.1) is 53.8 Å². The van der Waals surface area contributed by atoms with Crippen molar-refractivity contribution >= 4 is 0 Å². The third-order valence-electron chi connectivity index (χ3n) is 11.0. The Hall–Kier alpha value is -0.970. The summed E-state index contributed by atoms with van der Waals surface area (Å²) >= 11 is 0. The molecule has 0 spiro atoms. The Bertz CT molecular complexity index is 794. The summed E-state index contributed by atoms with van der Waals surface area (Å²) in [5.41, 5.74) is 0.122. The average Bonchev–Trinajstić information content (AvgIpc) is 3.16. The first-order valence-electron chi connectivity index (χ1n) is 13.8. The van der Waals surface area contributed by atoms with Crippen LogP contribution in [0.5, 0.6) is 0 Å². The van der Waals surface area contributed by atoms with Gasteiger partial charge in [0.15, 0.2) is 0 Å². The Kier molecular flexibility index (Phi) is 6.18. The second-order valence-electron chi connectivity index (χ2n) is 12.6. The fourth-order valence-electron chi connectivity index (χ4n) is 9.65. The lowest BCUT2D eigenvalue weighted by molar-refractivity contribution is -0.138. The molecular weight excluding hydrogens is 396 g/mol. The van der Waals surface area contributed by atoms with Crippen LogP contribution in [-0.2, 0) is 6.54 Å². The first-order valence-corrected chi connectivity index (χ1v) is 13.8. The molecule has 0 saturated heterocycles. The molecule has 1 aromatic heterocycles. The van der Waals surface area contributed by atoms with E-state index in [1.54, 1.807) is 0 Å². The smallest absolute Gasteiger partial charge is 0.148 e. The average molecular weight is 443 g/mol. The standard InChI is InChI=1S/C27H46N4O/c1-5-13-27(32)15-12-21-20(16-27)9-10-23-22(21)11-14-26(4)24(7-6-8-25(23)26)18(2)17-31-19(3)28-29-30-31/h18,20-25,32H,5-17H2,1-4H3/t18-,20+,21+,22-,23-,24-,25+,26-,27-/m1/s1. The molecule has 0 radical (unpaired) electrons. The van der Waals surface area contributed by atoms with Crippen molar-refractivity contribution in [1.29, 1.82) is 0 Å². The van der Waals surface area contributed by atoms with Crippen LogP contribution in [0.15, 0.2) is 0 Å². The first kappa shape index (κ1) is 22.8. The molecule has 0 bridgehead atoms. The van der Waals surface area contributed by atoms with Crippen LogP contribution in [-0.4, -0.2) is 30.9 Å². The van der Waals surface area contributed by atoms with Gasteiger partial charge in [0.1, 0.15) is 5.82 Å². The number of aliphatic hydroxyl groups is 1. The minimum Gasteiger partial charge on any atom is -0.390 e. The van der Waals surface area contributed by atoms with E-state index >= 15 is 0 Å². The molecule has 0 aliphatic heterocycles. The monoisotopic (exact) mass is 442 g/mol. The van der Waals surface area contributed by atoms with E-state index in [0.717, 1.165) is 73.6 Å². The summed E-state index contributed by atoms with van der Waals surface area (Å²) in [6, 6.07) is 0. The molecular formula is C27H46N4O. The van der Waals surface area contributed by atoms with Gasteiger partial charge >= 0.3 is 0 Å². The maximum atomic E-state index is 11.1. The van der Waals surface area contributed by atoms with Crippen molar-refractivity contribution in [1.82, 2.24) is 20.2 Å². The Morgan fingerprint density at radius 3 is 2.62 bits per heavy atom. The van der Waals surface area contributed by atoms with Gasteiger partial charge in [-0.1, -0.05) is 33.6 Å². The van der Waals surface area contributed by atoms with Crippen molar-refractivity contribution in [3.8, 4) is 0 Å². The predicted molar refractivity (Wildman–Crippen MR) is 127 cm³/mol. The Morgan fingerprint density at radius 2 is 1.88 bits per heavy atom. The van der Waals surface area contributed by atoms with E-state index in [2.05, 4.69) is 36.3 Å². The summed E-state index contributed by atoms with van der Waals surface area (Å²) in [7, 11) is 0. The van der Waals surface area contributed by atoms with E-state index in [9.17, 15) is 5.11 Å². The first-order chi connectivity index (χ1) is 15.3. The summed E-state index contributed by atoms with van der Waals surface area (Å²) in [6.07, 6.45) is 15.4. The minimum absolute atomic E-state index is 0.356. The van der Waals surface area contributed by atoms with E-state index in [0.29, 0.717) is 11.3 Å². The van der Waals surface area contributed by atoms with Crippen LogP contribution < -0.4 is 0 Å². The normalized spacial score (nSPS) is 44.9. The Balaban J connectivity index is 1.31. The number of hydrogen-bond acceptors (Lipinski definition) is 4. The number of aryl methyl sites for hydroxylation is 1. The van der Waals surface area contributed by atoms with Gasteiger partial charge in [-0.2, -0.15) is 0 Å². The molecule has 4 fully saturated rings. The van der Waals surface area contributed by atoms with Crippen molar-refractivity contribution in [2.45, 2.75) is 117 Å². The summed E-state index contributed by atoms with van der Waals surface area (Å²) < 4.78 is 2.02. The molecule has 180 valence electrons. The van der Waals surface area contributed by atoms with Crippen LogP contribution in [0.4, 0.5) is 0 Å². The van der Waals surface area contributed by atoms with Gasteiger partial charge in [-0.3, -0.25) is 0 Å². The number of fused-ring (bicyclic) bond motifs is 5. The number of nitrogens with zero attached hydrogens (tertiary/aromatic N) is 4. The van der Waals surface area contributed by atoms with Crippen LogP contribution in [0.25, 0.3) is 0 Å². The fraction of sp³-hybridized carbons (Fsp3) is 0.963. The lowest BCUT2D eigenvalue weighted by atomic mass is 9.44. The number of hydrogen-bond donors (Lipinski definition) is 1. The third kappa shape index (κ3) is 3.84. The van der Waals surface area contributed by atoms with Gasteiger partial charge in [-0.25, -0.2) is 4.68 Å². The molecule has 1 heterocycles. The Morgan fingerprint density at radius 1 is 1.06 bits per heavy atom. The van der Waals surface area contributed by atoms with Gasteiger partial charge in [-0.15, -0.1) is 5.10 Å². The molecule has 5 rings (SSSR count). The summed E-state index contributed by atoms with van der Waals surface area (Å²) in [4.78, 5) is 0. The van der Waals surface area contributed by atoms with E-state index in [-0.39, 0.29) is 5.60 Å². The van der Waals surface area contributed by atoms with Crippen molar-refractivity contribution in [2.24, 2.45) is 46.8 Å². The highest BCUT2D eigenvalue weighted by molar-refractivity contribution is 5.06. The molecule has 0 unspecified atom stereocenters. The molecule has 9 atom stereocenters. The van der Waals surface area contributed by atoms with Gasteiger partial charge in [-0.05, 0) is 128 Å². The number of tetrazole rings is 1. The second-order valence-corrected chi connectivity index (χ2v) is 12.6. The van der Waals surface area contributed by atoms with E-state index < -0.39 is 0 Å². The van der Waals surface area contributed by atoms with Crippen LogP contribution in [0.1, 0.15) is 104 Å². The van der Waals surface area contributed by atoms with Crippen LogP contribution >= 0.6 is 0 Å². The number of rotatable bonds is 5. The predicted octanol–water partition coefficient (Wildman–Crippen LogP) is 5.81. The molecule has 1 aromatic rings. The molecule has 0 amide bonds. The highest BCUT2D eigenvalue weighted by Gasteiger charge is 2.56. The van der Waals surface area contributed by atoms with Gasteiger partial charge in [0.2, 0.25) is 0 Å². The minimum atomic E-state index is -0.356. The zero-order valence-electron chi connectivity index (χ0n) is 21.0. The van der Waals surface area contributed by atoms with Crippen molar-refractivity contribution in [3.63, 3.8) is 0 Å². The molecule has 4 aliphatic carbocycles. The van der Waals surface area contributed by atoms with Crippen LogP contribution in [0.2, 0.25) is 0 Å². The van der Waals surface area contributed by atoms with Crippen molar-refractivity contribution in [2.75, 3.05) is 0 Å². The topological polar surface area (TPSA) is 63.8 Å². The zero-order chi connectivity index (χ0) is 22.5. The summed E-state index contributed by atoms with van der Waals surface area (Å²) in [6.45, 7) is 10.3. The molecule has 0 aromatic carbocycles. The number of aromatic nitrogens is 4. The maximum Gasteiger partial charge on any atom is 0.148 e. The van der Waals surface area contributed by atoms with Gasteiger partial charge < -0.3 is 5.11 Å². The van der Waals surface area contributed by atoms with E-state index in [4.69, 9.17) is 0 Å². The summed E-state index contributed by atoms with van der Waals surface area (Å²) in [5, 5.41) is 23.4. The molecule has 4 aliphatic rings. The highest BCUT2D eigenvalue weighted by Crippen LogP contribution is 2.64. The SMILES string of the molecule is CCC[C@@]1(O)CC[C@H]2[C@@H](CC[C@@H]3[C@@H]2CC[C@]2(C)[C@@H]([C@H](C)Cn4nnnc4C)CCC[C@@H]32)C1. The zero-order valence-corrected chi connectivity index (χ0v) is 21.0. The third-order valence-corrected chi connectivity index (χ3v) is 11.0. The molecule has 1 N–H and O–H groups in total. The van der Waals surface area contributed by atoms with Gasteiger partial charge in [0.25, 0.3) is 0 Å². The van der Waals surface area contributed by atoms with E-state index in [1.165, 1.54) is 51.4 Å². The lowest BCUT2D eigenvalue weighted by Gasteiger charge is -2.62. The highest BCUT2D eigenvalue weighted by atomic mass is 16.3.